The minimum atomic E-state index is -0.836. The molecule has 1 aromatic heterocycles. The maximum absolute atomic E-state index is 13.3. The Hall–Kier alpha value is -2.30. The summed E-state index contributed by atoms with van der Waals surface area (Å²) in [6.45, 7) is 1.50. The summed E-state index contributed by atoms with van der Waals surface area (Å²) in [4.78, 5) is 43.8. The number of fused-ring (bicyclic) bond motifs is 2. The zero-order valence-electron chi connectivity index (χ0n) is 17.4. The molecule has 1 fully saturated rings. The number of likely N-dealkylation sites (tertiary alicyclic amines) is 1. The number of halogens is 1. The smallest absolute Gasteiger partial charge is 0.409 e. The number of carbonyl (C=O) groups excluding carboxylic acids is 2. The van der Waals surface area contributed by atoms with E-state index >= 15 is 0 Å². The van der Waals surface area contributed by atoms with Crippen LogP contribution in [0.3, 0.4) is 0 Å². The molecule has 1 spiro atoms. The first-order valence-corrected chi connectivity index (χ1v) is 12.2. The zero-order chi connectivity index (χ0) is 22.9. The van der Waals surface area contributed by atoms with Crippen molar-refractivity contribution >= 4 is 58.4 Å². The number of methoxy groups -OCH3 is 1. The molecule has 11 heteroatoms. The van der Waals surface area contributed by atoms with E-state index in [1.54, 1.807) is 22.1 Å². The number of aromatic nitrogens is 1. The average molecular weight is 496 g/mol. The normalized spacial score (nSPS) is 19.4. The van der Waals surface area contributed by atoms with Crippen LogP contribution in [0.1, 0.15) is 23.4 Å². The molecule has 2 aliphatic heterocycles. The van der Waals surface area contributed by atoms with Crippen LogP contribution in [0.2, 0.25) is 5.02 Å². The lowest BCUT2D eigenvalue weighted by Gasteiger charge is -2.25. The van der Waals surface area contributed by atoms with Gasteiger partial charge in [-0.1, -0.05) is 11.6 Å². The first-order chi connectivity index (χ1) is 15.3. The van der Waals surface area contributed by atoms with Gasteiger partial charge in [0, 0.05) is 41.5 Å². The van der Waals surface area contributed by atoms with Gasteiger partial charge in [-0.2, -0.15) is 0 Å². The summed E-state index contributed by atoms with van der Waals surface area (Å²) in [6, 6.07) is 5.53. The molecule has 0 saturated carbocycles. The lowest BCUT2D eigenvalue weighted by atomic mass is 9.81. The summed E-state index contributed by atoms with van der Waals surface area (Å²) in [5.41, 5.74) is 1.43. The predicted molar refractivity (Wildman–Crippen MR) is 123 cm³/mol. The number of anilines is 1. The summed E-state index contributed by atoms with van der Waals surface area (Å²) in [6.07, 6.45) is 2.27. The molecule has 32 heavy (non-hydrogen) atoms. The van der Waals surface area contributed by atoms with Crippen molar-refractivity contribution in [2.24, 2.45) is 0 Å². The summed E-state index contributed by atoms with van der Waals surface area (Å²) >= 11 is 9.11. The monoisotopic (exact) mass is 495 g/mol. The van der Waals surface area contributed by atoms with E-state index in [9.17, 15) is 14.4 Å². The number of thiazole rings is 1. The fraction of sp³-hybridized carbons (Fsp3) is 0.429. The lowest BCUT2D eigenvalue weighted by molar-refractivity contribution is -0.136. The van der Waals surface area contributed by atoms with E-state index in [-0.39, 0.29) is 30.3 Å². The van der Waals surface area contributed by atoms with Gasteiger partial charge in [-0.15, -0.1) is 23.1 Å². The zero-order valence-corrected chi connectivity index (χ0v) is 19.8. The van der Waals surface area contributed by atoms with Gasteiger partial charge in [0.2, 0.25) is 5.91 Å². The number of nitrogens with zero attached hydrogens (tertiary/aromatic N) is 3. The topological polar surface area (TPSA) is 100 Å². The van der Waals surface area contributed by atoms with Crippen molar-refractivity contribution in [2.45, 2.75) is 28.9 Å². The molecule has 2 aromatic rings. The summed E-state index contributed by atoms with van der Waals surface area (Å²) in [5.74, 6) is -0.445. The number of ether oxygens (including phenoxy) is 1. The first-order valence-electron chi connectivity index (χ1n) is 10.0. The number of amides is 2. The Morgan fingerprint density at radius 2 is 2.16 bits per heavy atom. The van der Waals surface area contributed by atoms with Gasteiger partial charge in [0.25, 0.3) is 0 Å². The third-order valence-electron chi connectivity index (χ3n) is 5.76. The van der Waals surface area contributed by atoms with Crippen LogP contribution in [0.5, 0.6) is 0 Å². The number of carboxylic acids is 1. The van der Waals surface area contributed by atoms with Crippen LogP contribution < -0.4 is 4.90 Å². The van der Waals surface area contributed by atoms with Crippen molar-refractivity contribution in [1.29, 1.82) is 0 Å². The van der Waals surface area contributed by atoms with E-state index in [2.05, 4.69) is 4.98 Å². The Kier molecular flexibility index (Phi) is 6.64. The average Bonchev–Trinajstić information content (AvgIpc) is 3.46. The van der Waals surface area contributed by atoms with Gasteiger partial charge in [0.15, 0.2) is 0 Å². The highest BCUT2D eigenvalue weighted by Gasteiger charge is 2.50. The Labute approximate surface area is 198 Å². The number of thioether (sulfide) groups is 1. The van der Waals surface area contributed by atoms with E-state index < -0.39 is 5.97 Å². The van der Waals surface area contributed by atoms with Crippen molar-refractivity contribution in [3.63, 3.8) is 0 Å². The van der Waals surface area contributed by atoms with Crippen LogP contribution in [0, 0.1) is 0 Å². The molecular formula is C21H22ClN3O5S2. The van der Waals surface area contributed by atoms with Crippen LogP contribution in [-0.2, 0) is 26.2 Å². The third kappa shape index (κ3) is 4.57. The van der Waals surface area contributed by atoms with Crippen molar-refractivity contribution < 1.29 is 24.2 Å². The fourth-order valence-electron chi connectivity index (χ4n) is 4.28. The minimum absolute atomic E-state index is 0.0709. The summed E-state index contributed by atoms with van der Waals surface area (Å²) < 4.78 is 5.78. The van der Waals surface area contributed by atoms with Crippen molar-refractivity contribution in [3.8, 4) is 0 Å². The Morgan fingerprint density at radius 3 is 2.91 bits per heavy atom. The maximum atomic E-state index is 13.3. The molecule has 2 aliphatic rings. The van der Waals surface area contributed by atoms with Crippen LogP contribution in [0.4, 0.5) is 10.5 Å². The predicted octanol–water partition coefficient (Wildman–Crippen LogP) is 3.66. The number of benzene rings is 1. The third-order valence-corrected chi connectivity index (χ3v) is 8.19. The second kappa shape index (κ2) is 9.29. The first kappa shape index (κ1) is 22.9. The van der Waals surface area contributed by atoms with Gasteiger partial charge >= 0.3 is 12.1 Å². The highest BCUT2D eigenvalue weighted by atomic mass is 35.5. The Morgan fingerprint density at radius 1 is 1.34 bits per heavy atom. The van der Waals surface area contributed by atoms with E-state index in [1.165, 1.54) is 30.2 Å². The van der Waals surface area contributed by atoms with Gasteiger partial charge in [-0.05, 0) is 30.2 Å². The van der Waals surface area contributed by atoms with Gasteiger partial charge in [0.1, 0.15) is 5.01 Å². The Bertz CT molecular complexity index is 1060. The standard InChI is InChI=1S/C21H22ClN3O5S2/c1-30-20(29)24-6-5-21(11-24)12-25(15-3-2-13(22)8-14(15)21)17(26)9-16-23-10-19(32-16)31-7-4-18(27)28/h2-3,8,10H,4-7,9,11-12H2,1H3,(H,27,28). The van der Waals surface area contributed by atoms with Gasteiger partial charge < -0.3 is 19.6 Å². The van der Waals surface area contributed by atoms with Crippen LogP contribution in [-0.4, -0.2) is 65.5 Å². The molecule has 1 atom stereocenters. The molecule has 4 rings (SSSR count). The molecule has 1 saturated heterocycles. The van der Waals surface area contributed by atoms with Crippen molar-refractivity contribution in [3.05, 3.63) is 40.0 Å². The molecule has 2 amide bonds. The number of rotatable bonds is 6. The minimum Gasteiger partial charge on any atom is -0.481 e. The molecule has 170 valence electrons. The maximum Gasteiger partial charge on any atom is 0.409 e. The molecule has 0 bridgehead atoms. The van der Waals surface area contributed by atoms with Crippen LogP contribution >= 0.6 is 34.7 Å². The van der Waals surface area contributed by atoms with E-state index in [0.29, 0.717) is 35.4 Å². The second-order valence-electron chi connectivity index (χ2n) is 7.81. The van der Waals surface area contributed by atoms with Crippen LogP contribution in [0.25, 0.3) is 0 Å². The largest absolute Gasteiger partial charge is 0.481 e. The summed E-state index contributed by atoms with van der Waals surface area (Å²) in [5, 5.41) is 10.1. The molecule has 1 unspecified atom stereocenters. The molecule has 3 heterocycles. The number of hydrogen-bond donors (Lipinski definition) is 1. The van der Waals surface area contributed by atoms with E-state index in [4.69, 9.17) is 21.4 Å². The molecule has 1 N–H and O–H groups in total. The van der Waals surface area contributed by atoms with Gasteiger partial charge in [-0.25, -0.2) is 9.78 Å². The number of carboxylic acid groups (broad SMARTS) is 1. The number of hydrogen-bond acceptors (Lipinski definition) is 7. The summed E-state index contributed by atoms with van der Waals surface area (Å²) in [7, 11) is 1.37. The van der Waals surface area contributed by atoms with Crippen LogP contribution in [0.15, 0.2) is 28.6 Å². The molecular weight excluding hydrogens is 474 g/mol. The van der Waals surface area contributed by atoms with Crippen molar-refractivity contribution in [2.75, 3.05) is 37.4 Å². The highest BCUT2D eigenvalue weighted by molar-refractivity contribution is 8.01. The lowest BCUT2D eigenvalue weighted by Crippen LogP contribution is -2.40. The van der Waals surface area contributed by atoms with E-state index in [1.807, 2.05) is 12.1 Å². The number of aliphatic carboxylic acids is 1. The van der Waals surface area contributed by atoms with Gasteiger partial charge in [-0.3, -0.25) is 9.59 Å². The van der Waals surface area contributed by atoms with E-state index in [0.717, 1.165) is 21.9 Å². The Balaban J connectivity index is 1.50. The molecule has 1 aromatic carbocycles. The molecule has 0 aliphatic carbocycles. The SMILES string of the molecule is COC(=O)N1CCC2(C1)CN(C(=O)Cc1ncc(SCCC(=O)O)s1)c1ccc(Cl)cc12. The molecule has 0 radical (unpaired) electrons. The second-order valence-corrected chi connectivity index (χ2v) is 10.8. The number of carbonyl (C=O) groups is 3. The fourth-order valence-corrected chi connectivity index (χ4v) is 6.47. The quantitative estimate of drug-likeness (QED) is 0.610. The highest BCUT2D eigenvalue weighted by Crippen LogP contribution is 2.47. The van der Waals surface area contributed by atoms with Gasteiger partial charge in [0.05, 0.1) is 30.4 Å². The molecule has 8 nitrogen and oxygen atoms in total. The van der Waals surface area contributed by atoms with Crippen molar-refractivity contribution in [1.82, 2.24) is 9.88 Å².